The molecular formula is C13H15N3O3S. The lowest BCUT2D eigenvalue weighted by molar-refractivity contribution is 0.393. The molecule has 2 aromatic rings. The number of rotatable bonds is 5. The van der Waals surface area contributed by atoms with E-state index in [1.54, 1.807) is 18.3 Å². The summed E-state index contributed by atoms with van der Waals surface area (Å²) in [6.45, 7) is 0.372. The fourth-order valence-corrected chi connectivity index (χ4v) is 2.55. The van der Waals surface area contributed by atoms with Crippen LogP contribution in [-0.2, 0) is 16.4 Å². The number of hydrogen-bond donors (Lipinski definition) is 1. The van der Waals surface area contributed by atoms with Gasteiger partial charge in [-0.2, -0.15) is 0 Å². The van der Waals surface area contributed by atoms with Crippen LogP contribution in [0, 0.1) is 0 Å². The van der Waals surface area contributed by atoms with Crippen LogP contribution >= 0.6 is 0 Å². The number of pyridine rings is 2. The van der Waals surface area contributed by atoms with E-state index in [1.807, 2.05) is 6.07 Å². The van der Waals surface area contributed by atoms with Gasteiger partial charge in [0.1, 0.15) is 10.7 Å². The van der Waals surface area contributed by atoms with Crippen LogP contribution in [0.4, 0.5) is 5.82 Å². The van der Waals surface area contributed by atoms with Crippen LogP contribution < -0.4 is 10.1 Å². The van der Waals surface area contributed by atoms with E-state index in [9.17, 15) is 8.42 Å². The molecular weight excluding hydrogens is 278 g/mol. The van der Waals surface area contributed by atoms with Crippen LogP contribution in [0.5, 0.6) is 5.88 Å². The van der Waals surface area contributed by atoms with Gasteiger partial charge < -0.3 is 10.1 Å². The van der Waals surface area contributed by atoms with Gasteiger partial charge in [-0.25, -0.2) is 18.4 Å². The van der Waals surface area contributed by atoms with Crippen molar-refractivity contribution in [2.75, 3.05) is 18.7 Å². The van der Waals surface area contributed by atoms with E-state index in [2.05, 4.69) is 15.3 Å². The highest BCUT2D eigenvalue weighted by Crippen LogP contribution is 2.20. The molecule has 2 aromatic heterocycles. The molecule has 0 radical (unpaired) electrons. The molecule has 7 heteroatoms. The number of nitrogens with zero attached hydrogens (tertiary/aromatic N) is 2. The second kappa shape index (κ2) is 5.87. The highest BCUT2D eigenvalue weighted by Gasteiger charge is 2.14. The first-order valence-electron chi connectivity index (χ1n) is 5.89. The maximum atomic E-state index is 11.7. The van der Waals surface area contributed by atoms with Crippen LogP contribution in [0.2, 0.25) is 0 Å². The smallest absolute Gasteiger partial charge is 0.218 e. The van der Waals surface area contributed by atoms with Gasteiger partial charge in [0.15, 0.2) is 9.84 Å². The van der Waals surface area contributed by atoms with E-state index in [4.69, 9.17) is 4.74 Å². The van der Waals surface area contributed by atoms with Gasteiger partial charge in [0.2, 0.25) is 5.88 Å². The quantitative estimate of drug-likeness (QED) is 0.899. The lowest BCUT2D eigenvalue weighted by Gasteiger charge is -2.11. The van der Waals surface area contributed by atoms with Crippen LogP contribution in [0.3, 0.4) is 0 Å². The standard InChI is InChI=1S/C13H15N3O3S/c1-19-13-10(5-3-8-15-13)9-16-12-11(20(2,17)18)6-4-7-14-12/h3-8H,9H2,1-2H3,(H,14,16). The number of methoxy groups -OCH3 is 1. The van der Waals surface area contributed by atoms with Gasteiger partial charge in [0.25, 0.3) is 0 Å². The van der Waals surface area contributed by atoms with Crippen molar-refractivity contribution in [1.82, 2.24) is 9.97 Å². The third kappa shape index (κ3) is 3.24. The first kappa shape index (κ1) is 14.3. The number of nitrogens with one attached hydrogen (secondary N) is 1. The molecule has 0 aromatic carbocycles. The molecule has 0 aliphatic carbocycles. The molecule has 0 atom stereocenters. The van der Waals surface area contributed by atoms with E-state index < -0.39 is 9.84 Å². The third-order valence-electron chi connectivity index (χ3n) is 2.66. The lowest BCUT2D eigenvalue weighted by Crippen LogP contribution is -2.08. The van der Waals surface area contributed by atoms with Crippen molar-refractivity contribution in [2.24, 2.45) is 0 Å². The van der Waals surface area contributed by atoms with Crippen LogP contribution in [0.1, 0.15) is 5.56 Å². The van der Waals surface area contributed by atoms with Gasteiger partial charge in [-0.15, -0.1) is 0 Å². The van der Waals surface area contributed by atoms with Gasteiger partial charge in [-0.05, 0) is 18.2 Å². The van der Waals surface area contributed by atoms with Crippen LogP contribution in [0.15, 0.2) is 41.6 Å². The molecule has 0 aliphatic heterocycles. The Kier molecular flexibility index (Phi) is 4.19. The topological polar surface area (TPSA) is 81.2 Å². The van der Waals surface area contributed by atoms with Crippen molar-refractivity contribution >= 4 is 15.7 Å². The first-order valence-corrected chi connectivity index (χ1v) is 7.78. The van der Waals surface area contributed by atoms with Crippen molar-refractivity contribution in [3.8, 4) is 5.88 Å². The van der Waals surface area contributed by atoms with Gasteiger partial charge in [-0.3, -0.25) is 0 Å². The minimum Gasteiger partial charge on any atom is -0.481 e. The van der Waals surface area contributed by atoms with Crippen LogP contribution in [-0.4, -0.2) is 31.8 Å². The van der Waals surface area contributed by atoms with Crippen LogP contribution in [0.25, 0.3) is 0 Å². The highest BCUT2D eigenvalue weighted by atomic mass is 32.2. The maximum absolute atomic E-state index is 11.7. The van der Waals surface area contributed by atoms with Gasteiger partial charge >= 0.3 is 0 Å². The second-order valence-corrected chi connectivity index (χ2v) is 6.13. The maximum Gasteiger partial charge on any atom is 0.218 e. The Bertz CT molecular complexity index is 702. The number of anilines is 1. The zero-order chi connectivity index (χ0) is 14.6. The fraction of sp³-hybridized carbons (Fsp3) is 0.231. The van der Waals surface area contributed by atoms with E-state index >= 15 is 0 Å². The summed E-state index contributed by atoms with van der Waals surface area (Å²) in [7, 11) is -1.79. The molecule has 0 aliphatic rings. The molecule has 106 valence electrons. The predicted octanol–water partition coefficient (Wildman–Crippen LogP) is 1.50. The summed E-state index contributed by atoms with van der Waals surface area (Å²) in [4.78, 5) is 8.31. The largest absolute Gasteiger partial charge is 0.481 e. The Balaban J connectivity index is 2.24. The molecule has 2 rings (SSSR count). The summed E-state index contributed by atoms with van der Waals surface area (Å²) < 4.78 is 28.5. The average Bonchev–Trinajstić information content (AvgIpc) is 2.44. The first-order chi connectivity index (χ1) is 9.52. The van der Waals surface area contributed by atoms with Gasteiger partial charge in [0, 0.05) is 30.8 Å². The Morgan fingerprint density at radius 2 is 1.90 bits per heavy atom. The number of hydrogen-bond acceptors (Lipinski definition) is 6. The molecule has 2 heterocycles. The Hall–Kier alpha value is -2.15. The third-order valence-corrected chi connectivity index (χ3v) is 3.79. The van der Waals surface area contributed by atoms with Crippen molar-refractivity contribution < 1.29 is 13.2 Å². The fourth-order valence-electron chi connectivity index (χ4n) is 1.74. The predicted molar refractivity (Wildman–Crippen MR) is 75.5 cm³/mol. The summed E-state index contributed by atoms with van der Waals surface area (Å²) in [5.41, 5.74) is 0.820. The molecule has 6 nitrogen and oxygen atoms in total. The van der Waals surface area contributed by atoms with E-state index in [1.165, 1.54) is 19.4 Å². The van der Waals surface area contributed by atoms with E-state index in [0.29, 0.717) is 18.2 Å². The second-order valence-electron chi connectivity index (χ2n) is 4.15. The van der Waals surface area contributed by atoms with Crippen molar-refractivity contribution in [2.45, 2.75) is 11.4 Å². The van der Waals surface area contributed by atoms with Gasteiger partial charge in [-0.1, -0.05) is 6.07 Å². The molecule has 0 saturated carbocycles. The van der Waals surface area contributed by atoms with E-state index in [0.717, 1.165) is 11.8 Å². The summed E-state index contributed by atoms with van der Waals surface area (Å²) >= 11 is 0. The molecule has 0 unspecified atom stereocenters. The number of sulfone groups is 1. The molecule has 0 fully saturated rings. The zero-order valence-electron chi connectivity index (χ0n) is 11.2. The average molecular weight is 293 g/mol. The monoisotopic (exact) mass is 293 g/mol. The molecule has 0 amide bonds. The summed E-state index contributed by atoms with van der Waals surface area (Å²) in [6.07, 6.45) is 4.32. The molecule has 1 N–H and O–H groups in total. The summed E-state index contributed by atoms with van der Waals surface area (Å²) in [5, 5.41) is 3.00. The van der Waals surface area contributed by atoms with Crippen molar-refractivity contribution in [1.29, 1.82) is 0 Å². The molecule has 0 bridgehead atoms. The van der Waals surface area contributed by atoms with Crippen molar-refractivity contribution in [3.63, 3.8) is 0 Å². The normalized spacial score (nSPS) is 11.1. The Morgan fingerprint density at radius 3 is 2.60 bits per heavy atom. The lowest BCUT2D eigenvalue weighted by atomic mass is 10.2. The van der Waals surface area contributed by atoms with Crippen molar-refractivity contribution in [3.05, 3.63) is 42.2 Å². The minimum atomic E-state index is -3.33. The summed E-state index contributed by atoms with van der Waals surface area (Å²) in [5.74, 6) is 0.817. The van der Waals surface area contributed by atoms with Gasteiger partial charge in [0.05, 0.1) is 7.11 Å². The highest BCUT2D eigenvalue weighted by molar-refractivity contribution is 7.90. The Morgan fingerprint density at radius 1 is 1.20 bits per heavy atom. The molecule has 0 saturated heterocycles. The molecule has 0 spiro atoms. The molecule has 20 heavy (non-hydrogen) atoms. The minimum absolute atomic E-state index is 0.169. The van der Waals surface area contributed by atoms with E-state index in [-0.39, 0.29) is 4.90 Å². The zero-order valence-corrected chi connectivity index (χ0v) is 12.0. The number of ether oxygens (including phenoxy) is 1. The summed E-state index contributed by atoms with van der Waals surface area (Å²) in [6, 6.07) is 6.74. The SMILES string of the molecule is COc1ncccc1CNc1ncccc1S(C)(=O)=O. The number of aromatic nitrogens is 2. The Labute approximate surface area is 117 Å².